The Morgan fingerprint density at radius 3 is 2.40 bits per heavy atom. The van der Waals surface area contributed by atoms with Gasteiger partial charge in [-0.25, -0.2) is 0 Å². The molecule has 7 heteroatoms. The van der Waals surface area contributed by atoms with E-state index in [9.17, 15) is 18.0 Å². The predicted octanol–water partition coefficient (Wildman–Crippen LogP) is -0.184. The van der Waals surface area contributed by atoms with E-state index in [1.165, 1.54) is 0 Å². The van der Waals surface area contributed by atoms with Crippen molar-refractivity contribution in [1.82, 2.24) is 15.5 Å². The highest BCUT2D eigenvalue weighted by molar-refractivity contribution is 5.77. The van der Waals surface area contributed by atoms with Crippen LogP contribution in [0.5, 0.6) is 0 Å². The number of amides is 1. The lowest BCUT2D eigenvalue weighted by molar-refractivity contribution is -0.137. The summed E-state index contributed by atoms with van der Waals surface area (Å²) in [6.45, 7) is -0.0793. The molecule has 0 radical (unpaired) electrons. The van der Waals surface area contributed by atoms with E-state index < -0.39 is 18.6 Å². The monoisotopic (exact) mass is 227 g/mol. The van der Waals surface area contributed by atoms with Gasteiger partial charge in [-0.1, -0.05) is 0 Å². The lowest BCUT2D eigenvalue weighted by Gasteiger charge is -2.11. The van der Waals surface area contributed by atoms with Crippen LogP contribution < -0.4 is 10.6 Å². The van der Waals surface area contributed by atoms with Crippen molar-refractivity contribution in [2.75, 3.05) is 40.3 Å². The molecule has 1 amide bonds. The lowest BCUT2D eigenvalue weighted by Crippen LogP contribution is -2.40. The Labute approximate surface area is 86.8 Å². The molecule has 0 aliphatic rings. The summed E-state index contributed by atoms with van der Waals surface area (Å²) in [6, 6.07) is 0. The number of likely N-dealkylation sites (N-methyl/N-ethyl adjacent to an activating group) is 1. The first-order valence-electron chi connectivity index (χ1n) is 4.50. The molecule has 0 rings (SSSR count). The maximum atomic E-state index is 11.7. The molecule has 90 valence electrons. The van der Waals surface area contributed by atoms with Gasteiger partial charge in [-0.05, 0) is 14.1 Å². The summed E-state index contributed by atoms with van der Waals surface area (Å²) in [5.74, 6) is -0.647. The number of nitrogens with zero attached hydrogens (tertiary/aromatic N) is 1. The van der Waals surface area contributed by atoms with Crippen LogP contribution >= 0.6 is 0 Å². The quantitative estimate of drug-likeness (QED) is 0.618. The van der Waals surface area contributed by atoms with Crippen LogP contribution in [0, 0.1) is 0 Å². The number of nitrogens with one attached hydrogen (secondary N) is 2. The van der Waals surface area contributed by atoms with Gasteiger partial charge in [0.05, 0.1) is 6.54 Å². The van der Waals surface area contributed by atoms with Crippen LogP contribution in [0.2, 0.25) is 0 Å². The third-order valence-electron chi connectivity index (χ3n) is 1.51. The molecule has 0 aromatic carbocycles. The number of alkyl halides is 3. The molecule has 0 saturated heterocycles. The highest BCUT2D eigenvalue weighted by atomic mass is 19.4. The Morgan fingerprint density at radius 2 is 1.93 bits per heavy atom. The molecule has 2 N–H and O–H groups in total. The fourth-order valence-corrected chi connectivity index (χ4v) is 0.766. The molecule has 0 fully saturated rings. The van der Waals surface area contributed by atoms with Crippen molar-refractivity contribution in [3.8, 4) is 0 Å². The van der Waals surface area contributed by atoms with Crippen LogP contribution in [0.4, 0.5) is 13.2 Å². The minimum absolute atomic E-state index is 0.0933. The Bertz CT molecular complexity index is 194. The number of halogens is 3. The Morgan fingerprint density at radius 1 is 1.33 bits per heavy atom. The van der Waals surface area contributed by atoms with Gasteiger partial charge in [0.2, 0.25) is 5.91 Å². The minimum Gasteiger partial charge on any atom is -0.346 e. The molecule has 15 heavy (non-hydrogen) atoms. The first-order valence-corrected chi connectivity index (χ1v) is 4.50. The van der Waals surface area contributed by atoms with E-state index in [1.54, 1.807) is 5.32 Å². The molecule has 0 atom stereocenters. The first-order chi connectivity index (χ1) is 6.81. The van der Waals surface area contributed by atoms with Gasteiger partial charge >= 0.3 is 6.18 Å². The predicted molar refractivity (Wildman–Crippen MR) is 50.5 cm³/mol. The zero-order chi connectivity index (χ0) is 11.9. The van der Waals surface area contributed by atoms with E-state index in [4.69, 9.17) is 0 Å². The van der Waals surface area contributed by atoms with Crippen molar-refractivity contribution in [1.29, 1.82) is 0 Å². The number of hydrogen-bond donors (Lipinski definition) is 2. The molecule has 0 aliphatic carbocycles. The minimum atomic E-state index is -4.35. The number of carbonyl (C=O) groups is 1. The van der Waals surface area contributed by atoms with Crippen LogP contribution in [0.25, 0.3) is 0 Å². The van der Waals surface area contributed by atoms with Gasteiger partial charge in [-0.2, -0.15) is 13.2 Å². The molecular weight excluding hydrogens is 211 g/mol. The van der Waals surface area contributed by atoms with E-state index in [-0.39, 0.29) is 6.54 Å². The van der Waals surface area contributed by atoms with Crippen molar-refractivity contribution < 1.29 is 18.0 Å². The Hall–Kier alpha value is -0.820. The van der Waals surface area contributed by atoms with Crippen LogP contribution in [0.1, 0.15) is 0 Å². The second-order valence-electron chi connectivity index (χ2n) is 3.37. The third kappa shape index (κ3) is 11.1. The summed E-state index contributed by atoms with van der Waals surface area (Å²) in [7, 11) is 3.73. The van der Waals surface area contributed by atoms with E-state index in [1.807, 2.05) is 19.0 Å². The first kappa shape index (κ1) is 14.2. The number of hydrogen-bond acceptors (Lipinski definition) is 3. The fraction of sp³-hybridized carbons (Fsp3) is 0.875. The summed E-state index contributed by atoms with van der Waals surface area (Å²) in [5, 5.41) is 4.50. The molecule has 0 aromatic rings. The van der Waals surface area contributed by atoms with Gasteiger partial charge in [0.15, 0.2) is 0 Å². The van der Waals surface area contributed by atoms with Crippen molar-refractivity contribution in [3.05, 3.63) is 0 Å². The van der Waals surface area contributed by atoms with Crippen LogP contribution in [0.15, 0.2) is 0 Å². The highest BCUT2D eigenvalue weighted by Crippen LogP contribution is 2.11. The zero-order valence-electron chi connectivity index (χ0n) is 8.82. The van der Waals surface area contributed by atoms with E-state index in [0.29, 0.717) is 6.54 Å². The summed E-state index contributed by atoms with van der Waals surface area (Å²) in [5.41, 5.74) is 0. The van der Waals surface area contributed by atoms with Crippen molar-refractivity contribution in [2.45, 2.75) is 6.18 Å². The van der Waals surface area contributed by atoms with E-state index >= 15 is 0 Å². The molecular formula is C8H16F3N3O. The molecule has 0 aliphatic heterocycles. The second-order valence-corrected chi connectivity index (χ2v) is 3.37. The number of carbonyl (C=O) groups excluding carboxylic acids is 1. The molecule has 0 spiro atoms. The van der Waals surface area contributed by atoms with Crippen molar-refractivity contribution in [2.24, 2.45) is 0 Å². The standard InChI is InChI=1S/C8H16F3N3O/c1-14(2)4-3-12-5-7(15)13-6-8(9,10)11/h12H,3-6H2,1-2H3,(H,13,15). The maximum absolute atomic E-state index is 11.7. The summed E-state index contributed by atoms with van der Waals surface area (Å²) >= 11 is 0. The van der Waals surface area contributed by atoms with Gasteiger partial charge in [-0.15, -0.1) is 0 Å². The van der Waals surface area contributed by atoms with Gasteiger partial charge in [0.1, 0.15) is 6.54 Å². The summed E-state index contributed by atoms with van der Waals surface area (Å²) in [6.07, 6.45) is -4.35. The molecule has 0 aromatic heterocycles. The fourth-order valence-electron chi connectivity index (χ4n) is 0.766. The molecule has 0 saturated carbocycles. The molecule has 0 bridgehead atoms. The van der Waals surface area contributed by atoms with Gasteiger partial charge in [0.25, 0.3) is 0 Å². The lowest BCUT2D eigenvalue weighted by atomic mass is 10.5. The molecule has 4 nitrogen and oxygen atoms in total. The SMILES string of the molecule is CN(C)CCNCC(=O)NCC(F)(F)F. The Kier molecular flexibility index (Phi) is 6.26. The number of rotatable bonds is 6. The van der Waals surface area contributed by atoms with Gasteiger partial charge in [0, 0.05) is 13.1 Å². The van der Waals surface area contributed by atoms with Gasteiger partial charge < -0.3 is 15.5 Å². The summed E-state index contributed by atoms with van der Waals surface area (Å²) < 4.78 is 35.0. The Balaban J connectivity index is 3.42. The van der Waals surface area contributed by atoms with E-state index in [0.717, 1.165) is 6.54 Å². The average Bonchev–Trinajstić information content (AvgIpc) is 2.07. The molecule has 0 heterocycles. The van der Waals surface area contributed by atoms with Gasteiger partial charge in [-0.3, -0.25) is 4.79 Å². The summed E-state index contributed by atoms with van der Waals surface area (Å²) in [4.78, 5) is 12.8. The third-order valence-corrected chi connectivity index (χ3v) is 1.51. The maximum Gasteiger partial charge on any atom is 0.405 e. The smallest absolute Gasteiger partial charge is 0.346 e. The normalized spacial score (nSPS) is 11.9. The average molecular weight is 227 g/mol. The van der Waals surface area contributed by atoms with Crippen LogP contribution in [-0.2, 0) is 4.79 Å². The van der Waals surface area contributed by atoms with Crippen LogP contribution in [-0.4, -0.2) is 57.3 Å². The second kappa shape index (κ2) is 6.62. The van der Waals surface area contributed by atoms with Crippen molar-refractivity contribution in [3.63, 3.8) is 0 Å². The highest BCUT2D eigenvalue weighted by Gasteiger charge is 2.27. The molecule has 0 unspecified atom stereocenters. The van der Waals surface area contributed by atoms with Crippen molar-refractivity contribution >= 4 is 5.91 Å². The zero-order valence-corrected chi connectivity index (χ0v) is 8.82. The van der Waals surface area contributed by atoms with Crippen LogP contribution in [0.3, 0.4) is 0 Å². The van der Waals surface area contributed by atoms with E-state index in [2.05, 4.69) is 5.32 Å². The largest absolute Gasteiger partial charge is 0.405 e. The topological polar surface area (TPSA) is 44.4 Å².